The maximum Gasteiger partial charge on any atom is 0.227 e. The molecule has 0 aliphatic carbocycles. The van der Waals surface area contributed by atoms with Crippen LogP contribution < -0.4 is 10.1 Å². The predicted molar refractivity (Wildman–Crippen MR) is 90.8 cm³/mol. The molecule has 0 aliphatic heterocycles. The first kappa shape index (κ1) is 18.9. The minimum Gasteiger partial charge on any atom is -0.494 e. The van der Waals surface area contributed by atoms with Gasteiger partial charge in [-0.3, -0.25) is 4.79 Å². The lowest BCUT2D eigenvalue weighted by molar-refractivity contribution is -0.121. The van der Waals surface area contributed by atoms with Gasteiger partial charge in [0, 0.05) is 18.3 Å². The van der Waals surface area contributed by atoms with Crippen molar-refractivity contribution in [3.63, 3.8) is 0 Å². The summed E-state index contributed by atoms with van der Waals surface area (Å²) in [4.78, 5) is 16.4. The van der Waals surface area contributed by atoms with Crippen molar-refractivity contribution in [3.8, 4) is 5.75 Å². The first-order valence-electron chi connectivity index (χ1n) is 8.16. The number of nitrogens with zero attached hydrogens (tertiary/aromatic N) is 2. The Hall–Kier alpha value is -2.44. The van der Waals surface area contributed by atoms with Crippen LogP contribution >= 0.6 is 0 Å². The third kappa shape index (κ3) is 5.01. The van der Waals surface area contributed by atoms with Crippen molar-refractivity contribution < 1.29 is 18.4 Å². The molecule has 136 valence electrons. The maximum absolute atomic E-state index is 13.8. The Morgan fingerprint density at radius 1 is 1.40 bits per heavy atom. The molecule has 1 aromatic heterocycles. The maximum atomic E-state index is 13.8. The SMILES string of the molecule is COc1ccc(C(C)NC(=O)CCc2nc(C(C)(C)C)no2)cc1F. The van der Waals surface area contributed by atoms with Gasteiger partial charge < -0.3 is 14.6 Å². The molecule has 1 amide bonds. The van der Waals surface area contributed by atoms with Gasteiger partial charge >= 0.3 is 0 Å². The highest BCUT2D eigenvalue weighted by Gasteiger charge is 2.21. The summed E-state index contributed by atoms with van der Waals surface area (Å²) < 4.78 is 23.8. The lowest BCUT2D eigenvalue weighted by Gasteiger charge is -2.15. The topological polar surface area (TPSA) is 77.2 Å². The quantitative estimate of drug-likeness (QED) is 0.865. The number of hydrogen-bond acceptors (Lipinski definition) is 5. The second-order valence-corrected chi connectivity index (χ2v) is 6.94. The number of aryl methyl sites for hydroxylation is 1. The number of rotatable bonds is 6. The summed E-state index contributed by atoms with van der Waals surface area (Å²) in [5.41, 5.74) is 0.469. The largest absolute Gasteiger partial charge is 0.494 e. The molecule has 0 saturated heterocycles. The van der Waals surface area contributed by atoms with Crippen LogP contribution in [0.15, 0.2) is 22.7 Å². The average molecular weight is 349 g/mol. The average Bonchev–Trinajstić information content (AvgIpc) is 3.02. The minimum atomic E-state index is -0.457. The van der Waals surface area contributed by atoms with Gasteiger partial charge in [-0.25, -0.2) is 4.39 Å². The van der Waals surface area contributed by atoms with Crippen molar-refractivity contribution in [1.29, 1.82) is 0 Å². The fourth-order valence-corrected chi connectivity index (χ4v) is 2.23. The number of halogens is 1. The highest BCUT2D eigenvalue weighted by molar-refractivity contribution is 5.76. The zero-order valence-corrected chi connectivity index (χ0v) is 15.2. The van der Waals surface area contributed by atoms with Crippen molar-refractivity contribution in [2.24, 2.45) is 0 Å². The number of methoxy groups -OCH3 is 1. The van der Waals surface area contributed by atoms with Gasteiger partial charge in [0.25, 0.3) is 0 Å². The molecule has 0 saturated carbocycles. The van der Waals surface area contributed by atoms with Crippen LogP contribution in [-0.4, -0.2) is 23.2 Å². The zero-order valence-electron chi connectivity index (χ0n) is 15.2. The number of benzene rings is 1. The Bertz CT molecular complexity index is 737. The highest BCUT2D eigenvalue weighted by Crippen LogP contribution is 2.22. The summed E-state index contributed by atoms with van der Waals surface area (Å²) in [7, 11) is 1.41. The summed E-state index contributed by atoms with van der Waals surface area (Å²) in [6.07, 6.45) is 0.577. The van der Waals surface area contributed by atoms with E-state index < -0.39 is 5.82 Å². The molecule has 1 heterocycles. The molecular weight excluding hydrogens is 325 g/mol. The minimum absolute atomic E-state index is 0.167. The summed E-state index contributed by atoms with van der Waals surface area (Å²) >= 11 is 0. The fourth-order valence-electron chi connectivity index (χ4n) is 2.23. The van der Waals surface area contributed by atoms with Crippen LogP contribution in [0.5, 0.6) is 5.75 Å². The van der Waals surface area contributed by atoms with E-state index in [1.165, 1.54) is 13.2 Å². The number of carbonyl (C=O) groups is 1. The highest BCUT2D eigenvalue weighted by atomic mass is 19.1. The van der Waals surface area contributed by atoms with Crippen LogP contribution in [0.25, 0.3) is 0 Å². The Kier molecular flexibility index (Phi) is 5.77. The Balaban J connectivity index is 1.89. The van der Waals surface area contributed by atoms with Crippen LogP contribution in [0.2, 0.25) is 0 Å². The molecule has 2 aromatic rings. The standard InChI is InChI=1S/C18H24FN3O3/c1-11(12-6-7-14(24-5)13(19)10-12)20-15(23)8-9-16-21-17(22-25-16)18(2,3)4/h6-7,10-11H,8-9H2,1-5H3,(H,20,23). The van der Waals surface area contributed by atoms with Gasteiger partial charge in [0.2, 0.25) is 11.8 Å². The number of nitrogens with one attached hydrogen (secondary N) is 1. The summed E-state index contributed by atoms with van der Waals surface area (Å²) in [6, 6.07) is 4.30. The molecule has 0 aliphatic rings. The summed E-state index contributed by atoms with van der Waals surface area (Å²) in [5.74, 6) is 0.599. The van der Waals surface area contributed by atoms with E-state index in [0.717, 1.165) is 0 Å². The van der Waals surface area contributed by atoms with Crippen LogP contribution in [0.3, 0.4) is 0 Å². The molecule has 1 unspecified atom stereocenters. The molecule has 0 bridgehead atoms. The van der Waals surface area contributed by atoms with E-state index in [-0.39, 0.29) is 29.5 Å². The number of aromatic nitrogens is 2. The third-order valence-electron chi connectivity index (χ3n) is 3.76. The van der Waals surface area contributed by atoms with Crippen molar-refractivity contribution >= 4 is 5.91 Å². The number of carbonyl (C=O) groups excluding carboxylic acids is 1. The van der Waals surface area contributed by atoms with Gasteiger partial charge in [0.05, 0.1) is 13.2 Å². The number of ether oxygens (including phenoxy) is 1. The van der Waals surface area contributed by atoms with Crippen molar-refractivity contribution in [2.75, 3.05) is 7.11 Å². The lowest BCUT2D eigenvalue weighted by atomic mass is 9.96. The molecule has 6 nitrogen and oxygen atoms in total. The third-order valence-corrected chi connectivity index (χ3v) is 3.76. The monoisotopic (exact) mass is 349 g/mol. The molecule has 7 heteroatoms. The van der Waals surface area contributed by atoms with E-state index >= 15 is 0 Å². The summed E-state index contributed by atoms with van der Waals surface area (Å²) in [6.45, 7) is 7.77. The molecule has 1 aromatic carbocycles. The Morgan fingerprint density at radius 3 is 2.68 bits per heavy atom. The van der Waals surface area contributed by atoms with E-state index in [4.69, 9.17) is 9.26 Å². The van der Waals surface area contributed by atoms with E-state index in [1.807, 2.05) is 20.8 Å². The van der Waals surface area contributed by atoms with Crippen LogP contribution in [-0.2, 0) is 16.6 Å². The van der Waals surface area contributed by atoms with Crippen LogP contribution in [0.4, 0.5) is 4.39 Å². The van der Waals surface area contributed by atoms with Crippen molar-refractivity contribution in [2.45, 2.75) is 52.0 Å². The van der Waals surface area contributed by atoms with Gasteiger partial charge in [-0.05, 0) is 24.6 Å². The van der Waals surface area contributed by atoms with E-state index in [2.05, 4.69) is 15.5 Å². The first-order valence-corrected chi connectivity index (χ1v) is 8.16. The smallest absolute Gasteiger partial charge is 0.227 e. The molecule has 0 spiro atoms. The molecule has 2 rings (SSSR count). The van der Waals surface area contributed by atoms with Gasteiger partial charge in [-0.1, -0.05) is 32.0 Å². The van der Waals surface area contributed by atoms with Crippen LogP contribution in [0, 0.1) is 5.82 Å². The van der Waals surface area contributed by atoms with Crippen LogP contribution in [0.1, 0.15) is 57.4 Å². The van der Waals surface area contributed by atoms with Gasteiger partial charge in [0.15, 0.2) is 17.4 Å². The fraction of sp³-hybridized carbons (Fsp3) is 0.500. The predicted octanol–water partition coefficient (Wildman–Crippen LogP) is 3.32. The summed E-state index contributed by atoms with van der Waals surface area (Å²) in [5, 5.41) is 6.76. The van der Waals surface area contributed by atoms with Gasteiger partial charge in [0.1, 0.15) is 0 Å². The second-order valence-electron chi connectivity index (χ2n) is 6.94. The van der Waals surface area contributed by atoms with Crippen molar-refractivity contribution in [1.82, 2.24) is 15.5 Å². The second kappa shape index (κ2) is 7.63. The molecule has 0 radical (unpaired) electrons. The van der Waals surface area contributed by atoms with E-state index in [1.54, 1.807) is 19.1 Å². The van der Waals surface area contributed by atoms with E-state index in [0.29, 0.717) is 23.7 Å². The van der Waals surface area contributed by atoms with Crippen molar-refractivity contribution in [3.05, 3.63) is 41.3 Å². The number of hydrogen-bond donors (Lipinski definition) is 1. The normalized spacial score (nSPS) is 12.7. The molecular formula is C18H24FN3O3. The lowest BCUT2D eigenvalue weighted by Crippen LogP contribution is -2.27. The Labute approximate surface area is 146 Å². The molecule has 25 heavy (non-hydrogen) atoms. The number of amides is 1. The zero-order chi connectivity index (χ0) is 18.6. The molecule has 1 N–H and O–H groups in total. The molecule has 1 atom stereocenters. The van der Waals surface area contributed by atoms with Gasteiger partial charge in [-0.2, -0.15) is 4.98 Å². The molecule has 0 fully saturated rings. The van der Waals surface area contributed by atoms with Gasteiger partial charge in [-0.15, -0.1) is 0 Å². The van der Waals surface area contributed by atoms with E-state index in [9.17, 15) is 9.18 Å². The first-order chi connectivity index (χ1) is 11.7. The Morgan fingerprint density at radius 2 is 2.12 bits per heavy atom.